The van der Waals surface area contributed by atoms with Gasteiger partial charge < -0.3 is 10.0 Å². The van der Waals surface area contributed by atoms with Crippen molar-refractivity contribution in [1.82, 2.24) is 0 Å². The summed E-state index contributed by atoms with van der Waals surface area (Å²) in [7, 11) is -1.99. The van der Waals surface area contributed by atoms with Crippen LogP contribution in [0.5, 0.6) is 0 Å². The van der Waals surface area contributed by atoms with E-state index >= 15 is 0 Å². The highest BCUT2D eigenvalue weighted by Crippen LogP contribution is 2.07. The second-order valence-electron chi connectivity index (χ2n) is 2.36. The average molecular weight is 186 g/mol. The van der Waals surface area contributed by atoms with Crippen LogP contribution in [0.15, 0.2) is 12.1 Å². The van der Waals surface area contributed by atoms with Crippen LogP contribution in [-0.4, -0.2) is 23.5 Å². The molecular weight excluding hydrogens is 181 g/mol. The summed E-state index contributed by atoms with van der Waals surface area (Å²) in [5.74, 6) is -2.58. The van der Waals surface area contributed by atoms with Crippen LogP contribution in [0.1, 0.15) is 10.4 Å². The van der Waals surface area contributed by atoms with Crippen LogP contribution < -0.4 is 5.46 Å². The first-order valence-corrected chi connectivity index (χ1v) is 3.37. The molecule has 6 heteroatoms. The van der Waals surface area contributed by atoms with Gasteiger partial charge in [0, 0.05) is 0 Å². The van der Waals surface area contributed by atoms with Gasteiger partial charge in [-0.05, 0) is 11.5 Å². The molecule has 0 saturated carbocycles. The number of rotatable bonds is 2. The molecule has 0 unspecified atom stereocenters. The minimum Gasteiger partial charge on any atom is -0.423 e. The molecule has 2 N–H and O–H groups in total. The van der Waals surface area contributed by atoms with Crippen molar-refractivity contribution in [2.75, 3.05) is 0 Å². The van der Waals surface area contributed by atoms with Gasteiger partial charge in [-0.1, -0.05) is 6.07 Å². The summed E-state index contributed by atoms with van der Waals surface area (Å²) >= 11 is 0. The summed E-state index contributed by atoms with van der Waals surface area (Å²) in [5.41, 5.74) is -1.02. The maximum absolute atomic E-state index is 12.8. The Morgan fingerprint density at radius 1 is 1.31 bits per heavy atom. The van der Waals surface area contributed by atoms with Crippen molar-refractivity contribution in [3.8, 4) is 0 Å². The van der Waals surface area contributed by atoms with Crippen molar-refractivity contribution in [2.24, 2.45) is 0 Å². The summed E-state index contributed by atoms with van der Waals surface area (Å²) in [6, 6.07) is 1.66. The van der Waals surface area contributed by atoms with E-state index in [0.29, 0.717) is 0 Å². The minimum atomic E-state index is -1.99. The molecule has 0 heterocycles. The van der Waals surface area contributed by atoms with Gasteiger partial charge in [0.25, 0.3) is 0 Å². The van der Waals surface area contributed by atoms with Crippen molar-refractivity contribution in [2.45, 2.75) is 0 Å². The third-order valence-corrected chi connectivity index (χ3v) is 1.56. The van der Waals surface area contributed by atoms with Gasteiger partial charge in [-0.25, -0.2) is 8.78 Å². The van der Waals surface area contributed by atoms with Crippen LogP contribution in [0.3, 0.4) is 0 Å². The van der Waals surface area contributed by atoms with Gasteiger partial charge in [-0.15, -0.1) is 0 Å². The van der Waals surface area contributed by atoms with Crippen LogP contribution in [0.25, 0.3) is 0 Å². The first kappa shape index (κ1) is 9.82. The van der Waals surface area contributed by atoms with Crippen molar-refractivity contribution in [1.29, 1.82) is 0 Å². The van der Waals surface area contributed by atoms with E-state index in [4.69, 9.17) is 10.0 Å². The Labute approximate surface area is 72.8 Å². The molecule has 0 bridgehead atoms. The molecule has 1 rings (SSSR count). The van der Waals surface area contributed by atoms with E-state index < -0.39 is 24.3 Å². The third-order valence-electron chi connectivity index (χ3n) is 1.56. The monoisotopic (exact) mass is 186 g/mol. The SMILES string of the molecule is O=Cc1c(B(O)O)ccc(F)c1F. The van der Waals surface area contributed by atoms with Crippen LogP contribution in [0, 0.1) is 11.6 Å². The van der Waals surface area contributed by atoms with E-state index in [1.165, 1.54) is 0 Å². The smallest absolute Gasteiger partial charge is 0.423 e. The van der Waals surface area contributed by atoms with E-state index in [0.717, 1.165) is 12.1 Å². The lowest BCUT2D eigenvalue weighted by Gasteiger charge is -2.04. The van der Waals surface area contributed by atoms with E-state index in [2.05, 4.69) is 0 Å². The Morgan fingerprint density at radius 2 is 1.92 bits per heavy atom. The molecule has 0 aliphatic rings. The Morgan fingerprint density at radius 3 is 2.38 bits per heavy atom. The molecule has 0 atom stereocenters. The number of benzene rings is 1. The van der Waals surface area contributed by atoms with E-state index in [1.807, 2.05) is 0 Å². The molecule has 13 heavy (non-hydrogen) atoms. The maximum Gasteiger partial charge on any atom is 0.489 e. The van der Waals surface area contributed by atoms with Crippen molar-refractivity contribution < 1.29 is 23.6 Å². The van der Waals surface area contributed by atoms with Gasteiger partial charge in [0.2, 0.25) is 0 Å². The zero-order chi connectivity index (χ0) is 10.0. The van der Waals surface area contributed by atoms with Gasteiger partial charge in [0.05, 0.1) is 5.56 Å². The van der Waals surface area contributed by atoms with Crippen molar-refractivity contribution in [3.63, 3.8) is 0 Å². The van der Waals surface area contributed by atoms with Crippen molar-refractivity contribution in [3.05, 3.63) is 29.3 Å². The van der Waals surface area contributed by atoms with Crippen LogP contribution in [0.2, 0.25) is 0 Å². The molecule has 0 aliphatic carbocycles. The van der Waals surface area contributed by atoms with E-state index in [9.17, 15) is 13.6 Å². The Hall–Kier alpha value is -1.27. The minimum absolute atomic E-state index is 0.0349. The summed E-state index contributed by atoms with van der Waals surface area (Å²) < 4.78 is 25.3. The fourth-order valence-corrected chi connectivity index (χ4v) is 0.926. The fourth-order valence-electron chi connectivity index (χ4n) is 0.926. The predicted molar refractivity (Wildman–Crippen MR) is 41.6 cm³/mol. The molecule has 0 fully saturated rings. The normalized spacial score (nSPS) is 9.85. The van der Waals surface area contributed by atoms with Gasteiger partial charge in [0.1, 0.15) is 0 Å². The molecule has 68 valence electrons. The molecule has 0 aliphatic heterocycles. The highest BCUT2D eigenvalue weighted by atomic mass is 19.2. The number of halogens is 2. The topological polar surface area (TPSA) is 57.5 Å². The number of carbonyl (C=O) groups is 1. The largest absolute Gasteiger partial charge is 0.489 e. The van der Waals surface area contributed by atoms with Crippen LogP contribution in [0.4, 0.5) is 8.78 Å². The molecular formula is C7H5BF2O3. The summed E-state index contributed by atoms with van der Waals surface area (Å²) in [6.07, 6.45) is 0.0349. The molecule has 0 saturated heterocycles. The fraction of sp³-hybridized carbons (Fsp3) is 0. The summed E-state index contributed by atoms with van der Waals surface area (Å²) in [6.45, 7) is 0. The predicted octanol–water partition coefficient (Wildman–Crippen LogP) is -0.543. The Balaban J connectivity index is 3.38. The van der Waals surface area contributed by atoms with Gasteiger partial charge in [-0.2, -0.15) is 0 Å². The second kappa shape index (κ2) is 3.63. The second-order valence-corrected chi connectivity index (χ2v) is 2.36. The van der Waals surface area contributed by atoms with Gasteiger partial charge in [0.15, 0.2) is 17.9 Å². The molecule has 0 aromatic heterocycles. The zero-order valence-corrected chi connectivity index (χ0v) is 6.37. The Bertz CT molecular complexity index is 341. The van der Waals surface area contributed by atoms with Gasteiger partial charge >= 0.3 is 7.12 Å². The quantitative estimate of drug-likeness (QED) is 0.481. The lowest BCUT2D eigenvalue weighted by Crippen LogP contribution is -2.34. The van der Waals surface area contributed by atoms with E-state index in [1.54, 1.807) is 0 Å². The lowest BCUT2D eigenvalue weighted by molar-refractivity contribution is 0.111. The number of hydrogen-bond acceptors (Lipinski definition) is 3. The molecule has 1 aromatic carbocycles. The number of aldehydes is 1. The summed E-state index contributed by atoms with van der Waals surface area (Å²) in [5, 5.41) is 17.3. The molecule has 0 amide bonds. The standard InChI is InChI=1S/C7H5BF2O3/c9-6-2-1-5(8(12)13)4(3-11)7(6)10/h1-3,12-13H. The molecule has 0 radical (unpaired) electrons. The van der Waals surface area contributed by atoms with Crippen LogP contribution >= 0.6 is 0 Å². The number of hydrogen-bond donors (Lipinski definition) is 2. The Kier molecular flexibility index (Phi) is 2.74. The molecule has 1 aromatic rings. The lowest BCUT2D eigenvalue weighted by atomic mass is 9.77. The molecule has 0 spiro atoms. The van der Waals surface area contributed by atoms with Crippen molar-refractivity contribution >= 4 is 18.9 Å². The molecule has 3 nitrogen and oxygen atoms in total. The number of carbonyl (C=O) groups excluding carboxylic acids is 1. The summed E-state index contributed by atoms with van der Waals surface area (Å²) in [4.78, 5) is 10.3. The zero-order valence-electron chi connectivity index (χ0n) is 6.37. The average Bonchev–Trinajstić information content (AvgIpc) is 2.09. The first-order valence-electron chi connectivity index (χ1n) is 3.37. The highest BCUT2D eigenvalue weighted by molar-refractivity contribution is 6.60. The van der Waals surface area contributed by atoms with E-state index in [-0.39, 0.29) is 11.7 Å². The van der Waals surface area contributed by atoms with Crippen LogP contribution in [-0.2, 0) is 0 Å². The first-order chi connectivity index (χ1) is 6.07. The third kappa shape index (κ3) is 1.73. The maximum atomic E-state index is 12.8. The highest BCUT2D eigenvalue weighted by Gasteiger charge is 2.20. The van der Waals surface area contributed by atoms with Gasteiger partial charge in [-0.3, -0.25) is 4.79 Å².